The van der Waals surface area contributed by atoms with E-state index in [1.165, 1.54) is 11.1 Å². The molecule has 4 heteroatoms. The monoisotopic (exact) mass is 358 g/mol. The standard InChI is InChI=1S/C21H26N2O.ClH/c1-15-9-7-8-12-19(15)17-13-16(2)23(14-17)20(24)21(3,22)18-10-5-4-6-11-18;/h4-12,16-17H,13-14,22H2,1-3H3;1H. The van der Waals surface area contributed by atoms with Crippen LogP contribution in [0.25, 0.3) is 0 Å². The van der Waals surface area contributed by atoms with Gasteiger partial charge in [0.15, 0.2) is 0 Å². The first kappa shape index (κ1) is 19.5. The molecule has 0 spiro atoms. The Kier molecular flexibility index (Phi) is 5.91. The summed E-state index contributed by atoms with van der Waals surface area (Å²) in [5.74, 6) is 0.397. The summed E-state index contributed by atoms with van der Waals surface area (Å²) in [7, 11) is 0. The number of hydrogen-bond donors (Lipinski definition) is 1. The van der Waals surface area contributed by atoms with Crippen molar-refractivity contribution < 1.29 is 4.79 Å². The van der Waals surface area contributed by atoms with E-state index in [0.717, 1.165) is 18.5 Å². The molecule has 1 aliphatic rings. The number of carbonyl (C=O) groups is 1. The molecule has 1 fully saturated rings. The summed E-state index contributed by atoms with van der Waals surface area (Å²) in [6.07, 6.45) is 0.988. The van der Waals surface area contributed by atoms with Gasteiger partial charge in [0, 0.05) is 18.5 Å². The van der Waals surface area contributed by atoms with E-state index in [1.54, 1.807) is 0 Å². The van der Waals surface area contributed by atoms with E-state index in [4.69, 9.17) is 5.73 Å². The largest absolute Gasteiger partial charge is 0.337 e. The maximum atomic E-state index is 13.1. The molecule has 2 aromatic rings. The van der Waals surface area contributed by atoms with Crippen molar-refractivity contribution in [1.82, 2.24) is 4.90 Å². The average molecular weight is 359 g/mol. The van der Waals surface area contributed by atoms with Gasteiger partial charge in [-0.1, -0.05) is 54.6 Å². The summed E-state index contributed by atoms with van der Waals surface area (Å²) >= 11 is 0. The van der Waals surface area contributed by atoms with Crippen molar-refractivity contribution in [1.29, 1.82) is 0 Å². The lowest BCUT2D eigenvalue weighted by Gasteiger charge is -2.32. The Morgan fingerprint density at radius 3 is 2.36 bits per heavy atom. The molecule has 1 heterocycles. The molecule has 1 saturated heterocycles. The highest BCUT2D eigenvalue weighted by Crippen LogP contribution is 2.35. The van der Waals surface area contributed by atoms with Crippen LogP contribution in [0, 0.1) is 6.92 Å². The number of amides is 1. The van der Waals surface area contributed by atoms with E-state index in [0.29, 0.717) is 5.92 Å². The fourth-order valence-electron chi connectivity index (χ4n) is 3.79. The van der Waals surface area contributed by atoms with Crippen LogP contribution in [0.1, 0.15) is 42.9 Å². The van der Waals surface area contributed by atoms with Crippen molar-refractivity contribution in [3.63, 3.8) is 0 Å². The van der Waals surface area contributed by atoms with E-state index < -0.39 is 5.54 Å². The zero-order valence-electron chi connectivity index (χ0n) is 15.1. The third-order valence-electron chi connectivity index (χ3n) is 5.28. The zero-order valence-corrected chi connectivity index (χ0v) is 15.9. The molecule has 3 unspecified atom stereocenters. The molecule has 0 bridgehead atoms. The van der Waals surface area contributed by atoms with Crippen molar-refractivity contribution >= 4 is 18.3 Å². The van der Waals surface area contributed by atoms with Gasteiger partial charge in [-0.05, 0) is 43.9 Å². The van der Waals surface area contributed by atoms with Gasteiger partial charge in [-0.3, -0.25) is 4.79 Å². The Labute approximate surface area is 156 Å². The van der Waals surface area contributed by atoms with E-state index in [9.17, 15) is 4.79 Å². The van der Waals surface area contributed by atoms with Crippen molar-refractivity contribution in [2.24, 2.45) is 5.73 Å². The molecule has 1 aliphatic heterocycles. The molecule has 3 nitrogen and oxygen atoms in total. The molecule has 2 aromatic carbocycles. The number of halogens is 1. The van der Waals surface area contributed by atoms with Crippen LogP contribution >= 0.6 is 12.4 Å². The molecular weight excluding hydrogens is 332 g/mol. The van der Waals surface area contributed by atoms with Crippen LogP contribution in [0.3, 0.4) is 0 Å². The molecule has 0 radical (unpaired) electrons. The quantitative estimate of drug-likeness (QED) is 0.901. The molecule has 0 saturated carbocycles. The van der Waals surface area contributed by atoms with Gasteiger partial charge < -0.3 is 10.6 Å². The number of benzene rings is 2. The van der Waals surface area contributed by atoms with Crippen LogP contribution in [0.4, 0.5) is 0 Å². The number of nitrogens with two attached hydrogens (primary N) is 1. The van der Waals surface area contributed by atoms with Gasteiger partial charge in [0.05, 0.1) is 0 Å². The van der Waals surface area contributed by atoms with Gasteiger partial charge >= 0.3 is 0 Å². The number of hydrogen-bond acceptors (Lipinski definition) is 2. The number of likely N-dealkylation sites (tertiary alicyclic amines) is 1. The number of nitrogens with zero attached hydrogens (tertiary/aromatic N) is 1. The predicted octanol–water partition coefficient (Wildman–Crippen LogP) is 4.00. The van der Waals surface area contributed by atoms with Gasteiger partial charge in [0.2, 0.25) is 5.91 Å². The maximum Gasteiger partial charge on any atom is 0.247 e. The van der Waals surface area contributed by atoms with Crippen LogP contribution in [0.2, 0.25) is 0 Å². The van der Waals surface area contributed by atoms with Crippen LogP contribution in [0.15, 0.2) is 54.6 Å². The molecule has 0 aromatic heterocycles. The Morgan fingerprint density at radius 1 is 1.12 bits per heavy atom. The topological polar surface area (TPSA) is 46.3 Å². The Balaban J connectivity index is 0.00000225. The second-order valence-corrected chi connectivity index (χ2v) is 7.16. The van der Waals surface area contributed by atoms with Crippen molar-refractivity contribution in [3.05, 3.63) is 71.3 Å². The first-order valence-corrected chi connectivity index (χ1v) is 8.62. The van der Waals surface area contributed by atoms with Crippen LogP contribution < -0.4 is 5.73 Å². The summed E-state index contributed by atoms with van der Waals surface area (Å²) in [5.41, 5.74) is 8.96. The minimum atomic E-state index is -0.990. The highest BCUT2D eigenvalue weighted by molar-refractivity contribution is 5.87. The molecule has 3 atom stereocenters. The second-order valence-electron chi connectivity index (χ2n) is 7.16. The average Bonchev–Trinajstić information content (AvgIpc) is 2.96. The van der Waals surface area contributed by atoms with Crippen molar-refractivity contribution in [3.8, 4) is 0 Å². The maximum absolute atomic E-state index is 13.1. The lowest BCUT2D eigenvalue weighted by atomic mass is 9.91. The first-order chi connectivity index (χ1) is 11.4. The lowest BCUT2D eigenvalue weighted by Crippen LogP contribution is -2.52. The summed E-state index contributed by atoms with van der Waals surface area (Å²) in [4.78, 5) is 15.1. The minimum absolute atomic E-state index is 0. The highest BCUT2D eigenvalue weighted by Gasteiger charge is 2.41. The smallest absolute Gasteiger partial charge is 0.247 e. The Bertz CT molecular complexity index is 730. The van der Waals surface area contributed by atoms with Gasteiger partial charge in [0.1, 0.15) is 5.54 Å². The summed E-state index contributed by atoms with van der Waals surface area (Å²) < 4.78 is 0. The van der Waals surface area contributed by atoms with Gasteiger partial charge in [-0.2, -0.15) is 0 Å². The number of rotatable bonds is 3. The van der Waals surface area contributed by atoms with Crippen molar-refractivity contribution in [2.75, 3.05) is 6.54 Å². The second kappa shape index (κ2) is 7.59. The van der Waals surface area contributed by atoms with Gasteiger partial charge in [-0.15, -0.1) is 12.4 Å². The van der Waals surface area contributed by atoms with Gasteiger partial charge in [-0.25, -0.2) is 0 Å². The third kappa shape index (κ3) is 3.73. The summed E-state index contributed by atoms with van der Waals surface area (Å²) in [5, 5.41) is 0. The minimum Gasteiger partial charge on any atom is -0.337 e. The van der Waals surface area contributed by atoms with Crippen LogP contribution in [0.5, 0.6) is 0 Å². The SMILES string of the molecule is Cc1ccccc1C1CC(C)N(C(=O)C(C)(N)c2ccccc2)C1.Cl. The number of carbonyl (C=O) groups excluding carboxylic acids is 1. The Morgan fingerprint density at radius 2 is 1.72 bits per heavy atom. The molecular formula is C21H27ClN2O. The molecule has 3 rings (SSSR count). The molecule has 1 amide bonds. The third-order valence-corrected chi connectivity index (χ3v) is 5.28. The fraction of sp³-hybridized carbons (Fsp3) is 0.381. The Hall–Kier alpha value is -1.84. The molecule has 2 N–H and O–H groups in total. The van der Waals surface area contributed by atoms with E-state index >= 15 is 0 Å². The number of aryl methyl sites for hydroxylation is 1. The highest BCUT2D eigenvalue weighted by atomic mass is 35.5. The molecule has 134 valence electrons. The van der Waals surface area contributed by atoms with E-state index in [2.05, 4.69) is 38.1 Å². The molecule has 0 aliphatic carbocycles. The fourth-order valence-corrected chi connectivity index (χ4v) is 3.79. The summed E-state index contributed by atoms with van der Waals surface area (Å²) in [6.45, 7) is 6.82. The van der Waals surface area contributed by atoms with Crippen LogP contribution in [-0.2, 0) is 10.3 Å². The van der Waals surface area contributed by atoms with Crippen molar-refractivity contribution in [2.45, 2.75) is 44.7 Å². The van der Waals surface area contributed by atoms with Gasteiger partial charge in [0.25, 0.3) is 0 Å². The first-order valence-electron chi connectivity index (χ1n) is 8.62. The predicted molar refractivity (Wildman–Crippen MR) is 105 cm³/mol. The van der Waals surface area contributed by atoms with E-state index in [-0.39, 0.29) is 24.4 Å². The summed E-state index contributed by atoms with van der Waals surface area (Å²) in [6, 6.07) is 18.3. The zero-order chi connectivity index (χ0) is 17.3. The molecule has 25 heavy (non-hydrogen) atoms. The van der Waals surface area contributed by atoms with E-state index in [1.807, 2.05) is 42.2 Å². The van der Waals surface area contributed by atoms with Crippen LogP contribution in [-0.4, -0.2) is 23.4 Å². The lowest BCUT2D eigenvalue weighted by molar-refractivity contribution is -0.137. The normalized spacial score (nSPS) is 22.2.